The number of hydrogen-bond donors (Lipinski definition) is 0. The fourth-order valence-corrected chi connectivity index (χ4v) is 4.25. The number of ether oxygens (including phenoxy) is 2. The summed E-state index contributed by atoms with van der Waals surface area (Å²) >= 11 is 5.19. The first-order valence-electron chi connectivity index (χ1n) is 8.19. The Hall–Kier alpha value is -2.03. The zero-order chi connectivity index (χ0) is 17.5. The lowest BCUT2D eigenvalue weighted by molar-refractivity contribution is 0.174. The molecule has 0 bridgehead atoms. The van der Waals surface area contributed by atoms with Crippen molar-refractivity contribution in [2.45, 2.75) is 18.4 Å². The largest absolute Gasteiger partial charge is 0.454 e. The van der Waals surface area contributed by atoms with E-state index in [0.717, 1.165) is 51.6 Å². The molecule has 3 aromatic rings. The highest BCUT2D eigenvalue weighted by Gasteiger charge is 2.23. The van der Waals surface area contributed by atoms with Gasteiger partial charge in [-0.15, -0.1) is 10.2 Å². The first kappa shape index (κ1) is 16.2. The van der Waals surface area contributed by atoms with E-state index < -0.39 is 0 Å². The number of hydrogen-bond acceptors (Lipinski definition) is 6. The fourth-order valence-electron chi connectivity index (χ4n) is 3.12. The molecule has 2 aromatic carbocycles. The summed E-state index contributed by atoms with van der Waals surface area (Å²) in [5, 5.41) is 9.71. The number of nitrogens with zero attached hydrogens (tertiary/aromatic N) is 4. The first-order valence-corrected chi connectivity index (χ1v) is 9.97. The van der Waals surface area contributed by atoms with Gasteiger partial charge in [-0.2, -0.15) is 0 Å². The van der Waals surface area contributed by atoms with Crippen LogP contribution in [0.25, 0.3) is 11.4 Å². The van der Waals surface area contributed by atoms with Gasteiger partial charge in [-0.25, -0.2) is 0 Å². The molecule has 2 aliphatic heterocycles. The summed E-state index contributed by atoms with van der Waals surface area (Å²) in [6.07, 6.45) is 0. The van der Waals surface area contributed by atoms with Crippen LogP contribution in [0, 0.1) is 0 Å². The van der Waals surface area contributed by atoms with Crippen LogP contribution < -0.4 is 9.47 Å². The lowest BCUT2D eigenvalue weighted by Gasteiger charge is -2.27. The van der Waals surface area contributed by atoms with Crippen LogP contribution in [0.1, 0.15) is 5.56 Å². The summed E-state index contributed by atoms with van der Waals surface area (Å²) in [7, 11) is 0. The van der Waals surface area contributed by atoms with Gasteiger partial charge in [0.05, 0.1) is 12.5 Å². The van der Waals surface area contributed by atoms with Gasteiger partial charge >= 0.3 is 0 Å². The Bertz CT molecular complexity index is 960. The molecule has 5 rings (SSSR count). The molecule has 2 aliphatic rings. The van der Waals surface area contributed by atoms with Crippen LogP contribution in [0.4, 0.5) is 0 Å². The Balaban J connectivity index is 1.38. The molecule has 3 heterocycles. The van der Waals surface area contributed by atoms with Crippen LogP contribution in [0.15, 0.2) is 52.1 Å². The Morgan fingerprint density at radius 2 is 1.88 bits per heavy atom. The van der Waals surface area contributed by atoms with E-state index in [0.29, 0.717) is 6.79 Å². The van der Waals surface area contributed by atoms with Crippen molar-refractivity contribution in [3.8, 4) is 22.9 Å². The van der Waals surface area contributed by atoms with E-state index in [1.807, 2.05) is 18.2 Å². The van der Waals surface area contributed by atoms with Crippen LogP contribution in [-0.2, 0) is 13.2 Å². The van der Waals surface area contributed by atoms with Gasteiger partial charge < -0.3 is 9.47 Å². The summed E-state index contributed by atoms with van der Waals surface area (Å²) < 4.78 is 14.1. The van der Waals surface area contributed by atoms with Crippen LogP contribution in [-0.4, -0.2) is 32.3 Å². The molecule has 0 N–H and O–H groups in total. The molecule has 1 aromatic heterocycles. The molecule has 132 valence electrons. The summed E-state index contributed by atoms with van der Waals surface area (Å²) in [6, 6.07) is 14.3. The van der Waals surface area contributed by atoms with Crippen molar-refractivity contribution in [3.05, 3.63) is 52.5 Å². The third kappa shape index (κ3) is 2.98. The molecule has 26 heavy (non-hydrogen) atoms. The molecular formula is C18H15BrN4O2S. The molecule has 0 radical (unpaired) electrons. The second kappa shape index (κ2) is 6.61. The number of benzene rings is 2. The van der Waals surface area contributed by atoms with Gasteiger partial charge in [0.25, 0.3) is 0 Å². The van der Waals surface area contributed by atoms with E-state index in [2.05, 4.69) is 59.9 Å². The number of thioether (sulfide) groups is 1. The van der Waals surface area contributed by atoms with Crippen molar-refractivity contribution in [1.82, 2.24) is 19.7 Å². The molecule has 0 saturated heterocycles. The molecule has 0 saturated carbocycles. The van der Waals surface area contributed by atoms with Gasteiger partial charge in [0.1, 0.15) is 0 Å². The van der Waals surface area contributed by atoms with Crippen LogP contribution in [0.5, 0.6) is 11.5 Å². The highest BCUT2D eigenvalue weighted by molar-refractivity contribution is 9.10. The minimum atomic E-state index is 0.305. The highest BCUT2D eigenvalue weighted by Crippen LogP contribution is 2.34. The zero-order valence-corrected chi connectivity index (χ0v) is 16.2. The van der Waals surface area contributed by atoms with Gasteiger partial charge in [0, 0.05) is 16.6 Å². The number of halogens is 1. The fraction of sp³-hybridized carbons (Fsp3) is 0.222. The van der Waals surface area contributed by atoms with Gasteiger partial charge in [-0.05, 0) is 29.8 Å². The Morgan fingerprint density at radius 3 is 2.77 bits per heavy atom. The smallest absolute Gasteiger partial charge is 0.231 e. The minimum Gasteiger partial charge on any atom is -0.454 e. The van der Waals surface area contributed by atoms with E-state index in [1.165, 1.54) is 5.56 Å². The molecule has 8 heteroatoms. The normalized spacial score (nSPS) is 15.9. The lowest BCUT2D eigenvalue weighted by Crippen LogP contribution is -2.30. The monoisotopic (exact) mass is 430 g/mol. The van der Waals surface area contributed by atoms with Gasteiger partial charge in [-0.3, -0.25) is 9.47 Å². The van der Waals surface area contributed by atoms with Crippen LogP contribution in [0.2, 0.25) is 0 Å². The maximum Gasteiger partial charge on any atom is 0.231 e. The predicted molar refractivity (Wildman–Crippen MR) is 102 cm³/mol. The average Bonchev–Trinajstić information content (AvgIpc) is 3.28. The maximum atomic E-state index is 5.48. The molecule has 0 unspecified atom stereocenters. The van der Waals surface area contributed by atoms with Crippen molar-refractivity contribution >= 4 is 27.7 Å². The first-order chi connectivity index (χ1) is 12.8. The van der Waals surface area contributed by atoms with Crippen molar-refractivity contribution in [3.63, 3.8) is 0 Å². The summed E-state index contributed by atoms with van der Waals surface area (Å²) in [5.74, 6) is 3.43. The molecule has 0 aliphatic carbocycles. The molecule has 6 nitrogen and oxygen atoms in total. The van der Waals surface area contributed by atoms with Gasteiger partial charge in [0.15, 0.2) is 22.5 Å². The second-order valence-corrected chi connectivity index (χ2v) is 8.00. The second-order valence-electron chi connectivity index (χ2n) is 6.17. The molecular weight excluding hydrogens is 416 g/mol. The van der Waals surface area contributed by atoms with Gasteiger partial charge in [-0.1, -0.05) is 45.9 Å². The zero-order valence-electron chi connectivity index (χ0n) is 13.8. The highest BCUT2D eigenvalue weighted by atomic mass is 79.9. The van der Waals surface area contributed by atoms with E-state index in [1.54, 1.807) is 11.8 Å². The van der Waals surface area contributed by atoms with Gasteiger partial charge in [0.2, 0.25) is 6.79 Å². The van der Waals surface area contributed by atoms with E-state index in [4.69, 9.17) is 9.47 Å². The molecule has 0 spiro atoms. The predicted octanol–water partition coefficient (Wildman–Crippen LogP) is 3.96. The van der Waals surface area contributed by atoms with Crippen molar-refractivity contribution in [2.75, 3.05) is 12.7 Å². The Labute approximate surface area is 163 Å². The van der Waals surface area contributed by atoms with Crippen molar-refractivity contribution < 1.29 is 9.47 Å². The lowest BCUT2D eigenvalue weighted by atomic mass is 10.2. The maximum absolute atomic E-state index is 5.48. The topological polar surface area (TPSA) is 52.4 Å². The number of aromatic nitrogens is 3. The van der Waals surface area contributed by atoms with E-state index >= 15 is 0 Å². The quantitative estimate of drug-likeness (QED) is 0.626. The summed E-state index contributed by atoms with van der Waals surface area (Å²) in [5.41, 5.74) is 2.27. The third-order valence-electron chi connectivity index (χ3n) is 4.38. The van der Waals surface area contributed by atoms with Crippen LogP contribution >= 0.6 is 27.7 Å². The summed E-state index contributed by atoms with van der Waals surface area (Å²) in [4.78, 5) is 2.36. The third-order valence-corrected chi connectivity index (χ3v) is 5.96. The number of fused-ring (bicyclic) bond motifs is 2. The van der Waals surface area contributed by atoms with E-state index in [-0.39, 0.29) is 0 Å². The molecule has 0 fully saturated rings. The molecule has 0 amide bonds. The van der Waals surface area contributed by atoms with Crippen molar-refractivity contribution in [1.29, 1.82) is 0 Å². The molecule has 0 atom stereocenters. The standard InChI is InChI=1S/C18H15BrN4O2S/c19-14-4-2-13(3-5-14)17-20-21-18-23(17)9-22(10-26-18)8-12-1-6-15-16(7-12)25-11-24-15/h1-7H,8-11H2. The van der Waals surface area contributed by atoms with E-state index in [9.17, 15) is 0 Å². The average molecular weight is 431 g/mol. The van der Waals surface area contributed by atoms with Crippen LogP contribution in [0.3, 0.4) is 0 Å². The van der Waals surface area contributed by atoms with Crippen molar-refractivity contribution in [2.24, 2.45) is 0 Å². The minimum absolute atomic E-state index is 0.305. The Kier molecular flexibility index (Phi) is 4.11. The number of rotatable bonds is 3. The summed E-state index contributed by atoms with van der Waals surface area (Å²) in [6.45, 7) is 1.90. The SMILES string of the molecule is Brc1ccc(-c2nnc3n2CN(Cc2ccc4c(c2)OCO4)CS3)cc1. The Morgan fingerprint density at radius 1 is 1.04 bits per heavy atom.